The highest BCUT2D eigenvalue weighted by atomic mass is 32.1. The van der Waals surface area contributed by atoms with Gasteiger partial charge in [-0.15, -0.1) is 11.3 Å². The minimum atomic E-state index is -4.42. The highest BCUT2D eigenvalue weighted by molar-refractivity contribution is 7.11. The van der Waals surface area contributed by atoms with Crippen molar-refractivity contribution in [2.45, 2.75) is 38.7 Å². The van der Waals surface area contributed by atoms with Crippen LogP contribution in [0.25, 0.3) is 0 Å². The van der Waals surface area contributed by atoms with E-state index in [1.54, 1.807) is 22.3 Å². The summed E-state index contributed by atoms with van der Waals surface area (Å²) in [6.07, 6.45) is -4.47. The Hall–Kier alpha value is -2.39. The van der Waals surface area contributed by atoms with Crippen molar-refractivity contribution in [2.75, 3.05) is 13.1 Å². The number of carbonyl (C=O) groups excluding carboxylic acids is 2. The number of carbonyl (C=O) groups is 2. The first-order valence-electron chi connectivity index (χ1n) is 9.22. The van der Waals surface area contributed by atoms with E-state index in [1.165, 1.54) is 6.07 Å². The van der Waals surface area contributed by atoms with Crippen LogP contribution in [0.4, 0.5) is 13.2 Å². The summed E-state index contributed by atoms with van der Waals surface area (Å²) in [4.78, 5) is 28.6. The largest absolute Gasteiger partial charge is 0.416 e. The third-order valence-electron chi connectivity index (χ3n) is 4.72. The summed E-state index contributed by atoms with van der Waals surface area (Å²) in [5.74, 6) is -0.558. The van der Waals surface area contributed by atoms with Crippen molar-refractivity contribution in [3.63, 3.8) is 0 Å². The third kappa shape index (κ3) is 5.80. The Morgan fingerprint density at radius 3 is 2.79 bits per heavy atom. The number of benzene rings is 1. The van der Waals surface area contributed by atoms with Gasteiger partial charge < -0.3 is 10.6 Å². The van der Waals surface area contributed by atoms with E-state index in [0.29, 0.717) is 25.2 Å². The van der Waals surface area contributed by atoms with Crippen LogP contribution in [0.2, 0.25) is 0 Å². The lowest BCUT2D eigenvalue weighted by atomic mass is 10.1. The second-order valence-corrected chi connectivity index (χ2v) is 8.34. The van der Waals surface area contributed by atoms with E-state index in [1.807, 2.05) is 19.1 Å². The van der Waals surface area contributed by atoms with Crippen molar-refractivity contribution in [3.05, 3.63) is 57.3 Å². The van der Waals surface area contributed by atoms with Crippen molar-refractivity contribution < 1.29 is 22.8 Å². The molecule has 9 heteroatoms. The van der Waals surface area contributed by atoms with Gasteiger partial charge in [0.15, 0.2) is 0 Å². The van der Waals surface area contributed by atoms with Gasteiger partial charge in [-0.1, -0.05) is 18.2 Å². The normalized spacial score (nSPS) is 17.8. The van der Waals surface area contributed by atoms with Gasteiger partial charge >= 0.3 is 6.18 Å². The Morgan fingerprint density at radius 2 is 2.10 bits per heavy atom. The summed E-state index contributed by atoms with van der Waals surface area (Å²) in [6.45, 7) is 3.39. The zero-order valence-corrected chi connectivity index (χ0v) is 16.7. The SMILES string of the molecule is Cc1ccc(CNC(=O)C[C@@H]2C(=O)NCCN2Cc2cccc(C(F)(F)F)c2)s1. The van der Waals surface area contributed by atoms with Crippen LogP contribution in [0.1, 0.15) is 27.3 Å². The van der Waals surface area contributed by atoms with Crippen molar-refractivity contribution >= 4 is 23.2 Å². The molecule has 2 N–H and O–H groups in total. The Bertz CT molecular complexity index is 882. The molecule has 5 nitrogen and oxygen atoms in total. The van der Waals surface area contributed by atoms with E-state index in [2.05, 4.69) is 10.6 Å². The smallest absolute Gasteiger partial charge is 0.353 e. The zero-order valence-electron chi connectivity index (χ0n) is 15.9. The van der Waals surface area contributed by atoms with Gasteiger partial charge in [0.1, 0.15) is 0 Å². The van der Waals surface area contributed by atoms with Gasteiger partial charge in [-0.2, -0.15) is 13.2 Å². The average Bonchev–Trinajstić information content (AvgIpc) is 3.08. The van der Waals surface area contributed by atoms with Crippen LogP contribution < -0.4 is 10.6 Å². The van der Waals surface area contributed by atoms with E-state index >= 15 is 0 Å². The molecule has 1 fully saturated rings. The lowest BCUT2D eigenvalue weighted by Gasteiger charge is -2.34. The van der Waals surface area contributed by atoms with E-state index in [4.69, 9.17) is 0 Å². The first-order chi connectivity index (χ1) is 13.7. The van der Waals surface area contributed by atoms with Gasteiger partial charge in [0.25, 0.3) is 0 Å². The average molecular weight is 425 g/mol. The van der Waals surface area contributed by atoms with Crippen LogP contribution in [-0.2, 0) is 28.9 Å². The van der Waals surface area contributed by atoms with E-state index < -0.39 is 17.8 Å². The standard InChI is InChI=1S/C20H22F3N3O2S/c1-13-5-6-16(29-13)11-25-18(27)10-17-19(28)24-7-8-26(17)12-14-3-2-4-15(9-14)20(21,22)23/h2-6,9,17H,7-8,10-12H2,1H3,(H,24,28)(H,25,27)/t17-/m1/s1. The zero-order chi connectivity index (χ0) is 21.0. The molecule has 0 unspecified atom stereocenters. The molecule has 1 saturated heterocycles. The number of nitrogens with one attached hydrogen (secondary N) is 2. The van der Waals surface area contributed by atoms with Crippen molar-refractivity contribution in [2.24, 2.45) is 0 Å². The molecule has 0 aliphatic carbocycles. The molecule has 1 aliphatic rings. The van der Waals surface area contributed by atoms with Crippen molar-refractivity contribution in [1.29, 1.82) is 0 Å². The quantitative estimate of drug-likeness (QED) is 0.748. The molecule has 1 atom stereocenters. The first-order valence-corrected chi connectivity index (χ1v) is 10.0. The lowest BCUT2D eigenvalue weighted by molar-refractivity contribution is -0.137. The number of piperazine rings is 1. The maximum atomic E-state index is 13.0. The summed E-state index contributed by atoms with van der Waals surface area (Å²) in [6, 6.07) is 8.24. The molecular weight excluding hydrogens is 403 g/mol. The highest BCUT2D eigenvalue weighted by Crippen LogP contribution is 2.30. The molecule has 0 saturated carbocycles. The molecule has 3 rings (SSSR count). The fourth-order valence-electron chi connectivity index (χ4n) is 3.27. The van der Waals surface area contributed by atoms with Gasteiger partial charge in [-0.25, -0.2) is 0 Å². The molecule has 2 amide bonds. The van der Waals surface area contributed by atoms with E-state index in [0.717, 1.165) is 21.9 Å². The maximum Gasteiger partial charge on any atom is 0.416 e. The Kier molecular flexibility index (Phi) is 6.59. The minimum Gasteiger partial charge on any atom is -0.353 e. The molecule has 156 valence electrons. The van der Waals surface area contributed by atoms with Gasteiger partial charge in [0.05, 0.1) is 24.6 Å². The number of hydrogen-bond acceptors (Lipinski definition) is 4. The minimum absolute atomic E-state index is 0.0465. The number of halogens is 3. The Balaban J connectivity index is 1.64. The Labute approximate surface area is 170 Å². The summed E-state index contributed by atoms with van der Waals surface area (Å²) in [5, 5.41) is 5.54. The molecule has 0 radical (unpaired) electrons. The topological polar surface area (TPSA) is 61.4 Å². The molecule has 0 bridgehead atoms. The number of rotatable bonds is 6. The Morgan fingerprint density at radius 1 is 1.31 bits per heavy atom. The van der Waals surface area contributed by atoms with Gasteiger partial charge in [0.2, 0.25) is 11.8 Å². The van der Waals surface area contributed by atoms with Crippen molar-refractivity contribution in [3.8, 4) is 0 Å². The van der Waals surface area contributed by atoms with E-state index in [-0.39, 0.29) is 24.8 Å². The number of amides is 2. The first kappa shape index (κ1) is 21.3. The molecule has 29 heavy (non-hydrogen) atoms. The fourth-order valence-corrected chi connectivity index (χ4v) is 4.10. The van der Waals surface area contributed by atoms with Gasteiger partial charge in [0, 0.05) is 29.4 Å². The van der Waals surface area contributed by atoms with Gasteiger partial charge in [-0.05, 0) is 30.7 Å². The molecule has 2 aromatic rings. The summed E-state index contributed by atoms with van der Waals surface area (Å²) in [7, 11) is 0. The van der Waals surface area contributed by atoms with E-state index in [9.17, 15) is 22.8 Å². The predicted octanol–water partition coefficient (Wildman–Crippen LogP) is 3.08. The second-order valence-electron chi connectivity index (χ2n) is 6.97. The summed E-state index contributed by atoms with van der Waals surface area (Å²) >= 11 is 1.59. The van der Waals surface area contributed by atoms with Crippen LogP contribution in [-0.4, -0.2) is 35.8 Å². The predicted molar refractivity (Wildman–Crippen MR) is 104 cm³/mol. The van der Waals surface area contributed by atoms with Crippen LogP contribution in [0, 0.1) is 6.92 Å². The molecular formula is C20H22F3N3O2S. The number of alkyl halides is 3. The van der Waals surface area contributed by atoms with Crippen LogP contribution in [0.3, 0.4) is 0 Å². The number of thiophene rings is 1. The lowest BCUT2D eigenvalue weighted by Crippen LogP contribution is -2.56. The van der Waals surface area contributed by atoms with Crippen LogP contribution in [0.5, 0.6) is 0 Å². The molecule has 1 aromatic carbocycles. The second kappa shape index (κ2) is 8.96. The summed E-state index contributed by atoms with van der Waals surface area (Å²) in [5.41, 5.74) is -0.272. The molecule has 1 aromatic heterocycles. The molecule has 2 heterocycles. The molecule has 0 spiro atoms. The third-order valence-corrected chi connectivity index (χ3v) is 5.72. The van der Waals surface area contributed by atoms with Crippen LogP contribution >= 0.6 is 11.3 Å². The maximum absolute atomic E-state index is 13.0. The molecule has 1 aliphatic heterocycles. The number of nitrogens with zero attached hydrogens (tertiary/aromatic N) is 1. The highest BCUT2D eigenvalue weighted by Gasteiger charge is 2.33. The number of aryl methyl sites for hydroxylation is 1. The van der Waals surface area contributed by atoms with Crippen molar-refractivity contribution in [1.82, 2.24) is 15.5 Å². The monoisotopic (exact) mass is 425 g/mol. The fraction of sp³-hybridized carbons (Fsp3) is 0.400. The van der Waals surface area contributed by atoms with Crippen LogP contribution in [0.15, 0.2) is 36.4 Å². The number of hydrogen-bond donors (Lipinski definition) is 2. The summed E-state index contributed by atoms with van der Waals surface area (Å²) < 4.78 is 38.9. The van der Waals surface area contributed by atoms with Gasteiger partial charge in [-0.3, -0.25) is 14.5 Å².